The zero-order valence-corrected chi connectivity index (χ0v) is 12.0. The van der Waals surface area contributed by atoms with Crippen molar-refractivity contribution in [3.8, 4) is 5.69 Å². The molecule has 1 N–H and O–H groups in total. The predicted molar refractivity (Wildman–Crippen MR) is 74.4 cm³/mol. The van der Waals surface area contributed by atoms with Crippen LogP contribution in [0.2, 0.25) is 0 Å². The van der Waals surface area contributed by atoms with Crippen LogP contribution < -0.4 is 0 Å². The van der Waals surface area contributed by atoms with E-state index >= 15 is 0 Å². The summed E-state index contributed by atoms with van der Waals surface area (Å²) < 4.78 is 2.90. The Kier molecular flexibility index (Phi) is 4.08. The summed E-state index contributed by atoms with van der Waals surface area (Å²) in [5, 5.41) is 9.41. The minimum Gasteiger partial charge on any atom is -0.481 e. The molecular formula is C12H11BrN2O2S. The molecule has 0 fully saturated rings. The lowest BCUT2D eigenvalue weighted by Crippen LogP contribution is -2.01. The molecule has 2 rings (SSSR count). The Labute approximate surface area is 117 Å². The third-order valence-corrected chi connectivity index (χ3v) is 3.69. The first-order chi connectivity index (χ1) is 8.56. The number of carboxylic acids is 1. The average Bonchev–Trinajstić information content (AvgIpc) is 2.69. The van der Waals surface area contributed by atoms with E-state index in [9.17, 15) is 4.79 Å². The smallest absolute Gasteiger partial charge is 0.313 e. The molecule has 6 heteroatoms. The number of rotatable bonds is 4. The molecular weight excluding hydrogens is 316 g/mol. The lowest BCUT2D eigenvalue weighted by Gasteiger charge is -2.06. The maximum atomic E-state index is 10.6. The summed E-state index contributed by atoms with van der Waals surface area (Å²) >= 11 is 4.60. The van der Waals surface area contributed by atoms with Gasteiger partial charge >= 0.3 is 5.97 Å². The van der Waals surface area contributed by atoms with Gasteiger partial charge < -0.3 is 5.11 Å². The molecule has 94 valence electrons. The molecule has 18 heavy (non-hydrogen) atoms. The molecule has 0 radical (unpaired) electrons. The molecule has 0 aliphatic carbocycles. The molecule has 0 unspecified atom stereocenters. The van der Waals surface area contributed by atoms with Crippen LogP contribution >= 0.6 is 27.7 Å². The van der Waals surface area contributed by atoms with Gasteiger partial charge in [0.1, 0.15) is 0 Å². The van der Waals surface area contributed by atoms with Crippen LogP contribution in [0.3, 0.4) is 0 Å². The number of thioether (sulfide) groups is 1. The number of aliphatic carboxylic acids is 1. The van der Waals surface area contributed by atoms with E-state index in [-0.39, 0.29) is 5.75 Å². The topological polar surface area (TPSA) is 55.1 Å². The number of hydrogen-bond acceptors (Lipinski definition) is 3. The van der Waals surface area contributed by atoms with E-state index in [1.807, 2.05) is 42.0 Å². The molecule has 1 heterocycles. The van der Waals surface area contributed by atoms with Gasteiger partial charge in [0.2, 0.25) is 0 Å². The van der Waals surface area contributed by atoms with Crippen molar-refractivity contribution in [3.63, 3.8) is 0 Å². The number of benzene rings is 1. The lowest BCUT2D eigenvalue weighted by atomic mass is 10.3. The fraction of sp³-hybridized carbons (Fsp3) is 0.167. The van der Waals surface area contributed by atoms with Crippen LogP contribution in [0.25, 0.3) is 5.69 Å². The van der Waals surface area contributed by atoms with E-state index in [1.165, 1.54) is 11.8 Å². The maximum Gasteiger partial charge on any atom is 0.313 e. The van der Waals surface area contributed by atoms with Gasteiger partial charge in [0.05, 0.1) is 11.4 Å². The number of nitrogens with zero attached hydrogens (tertiary/aromatic N) is 2. The number of halogens is 1. The second-order valence-corrected chi connectivity index (χ2v) is 5.55. The van der Waals surface area contributed by atoms with Gasteiger partial charge in [-0.3, -0.25) is 9.36 Å². The minimum absolute atomic E-state index is 0.00693. The van der Waals surface area contributed by atoms with Crippen molar-refractivity contribution in [1.29, 1.82) is 0 Å². The SMILES string of the molecule is Cc1cn(-c2ccc(Br)cc2)c(SCC(=O)O)n1. The quantitative estimate of drug-likeness (QED) is 0.877. The Morgan fingerprint density at radius 2 is 2.11 bits per heavy atom. The van der Waals surface area contributed by atoms with Crippen LogP contribution in [0.15, 0.2) is 40.1 Å². The summed E-state index contributed by atoms with van der Waals surface area (Å²) in [6.07, 6.45) is 1.90. The third-order valence-electron chi connectivity index (χ3n) is 2.22. The maximum absolute atomic E-state index is 10.6. The van der Waals surface area contributed by atoms with Crippen LogP contribution in [0.5, 0.6) is 0 Å². The molecule has 0 spiro atoms. The van der Waals surface area contributed by atoms with E-state index in [0.29, 0.717) is 5.16 Å². The summed E-state index contributed by atoms with van der Waals surface area (Å²) in [7, 11) is 0. The monoisotopic (exact) mass is 326 g/mol. The number of imidazole rings is 1. The van der Waals surface area contributed by atoms with Gasteiger partial charge in [0.15, 0.2) is 5.16 Å². The van der Waals surface area contributed by atoms with E-state index in [2.05, 4.69) is 20.9 Å². The second kappa shape index (κ2) is 5.58. The first-order valence-corrected chi connectivity index (χ1v) is 7.00. The number of carboxylic acid groups (broad SMARTS) is 1. The summed E-state index contributed by atoms with van der Waals surface area (Å²) in [6.45, 7) is 1.89. The number of carbonyl (C=O) groups is 1. The molecule has 0 aliphatic rings. The molecule has 0 atom stereocenters. The highest BCUT2D eigenvalue weighted by Crippen LogP contribution is 2.23. The highest BCUT2D eigenvalue weighted by atomic mass is 79.9. The van der Waals surface area contributed by atoms with E-state index in [0.717, 1.165) is 15.9 Å². The molecule has 0 amide bonds. The summed E-state index contributed by atoms with van der Waals surface area (Å²) in [6, 6.07) is 7.79. The highest BCUT2D eigenvalue weighted by Gasteiger charge is 2.10. The summed E-state index contributed by atoms with van der Waals surface area (Å²) in [5.41, 5.74) is 1.83. The van der Waals surface area contributed by atoms with Crippen molar-refractivity contribution >= 4 is 33.7 Å². The highest BCUT2D eigenvalue weighted by molar-refractivity contribution is 9.10. The fourth-order valence-electron chi connectivity index (χ4n) is 1.49. The lowest BCUT2D eigenvalue weighted by molar-refractivity contribution is -0.133. The van der Waals surface area contributed by atoms with Crippen molar-refractivity contribution in [2.75, 3.05) is 5.75 Å². The largest absolute Gasteiger partial charge is 0.481 e. The van der Waals surface area contributed by atoms with Gasteiger partial charge in [-0.1, -0.05) is 27.7 Å². The third kappa shape index (κ3) is 3.14. The molecule has 0 bridgehead atoms. The minimum atomic E-state index is -0.844. The predicted octanol–water partition coefficient (Wildman–Crippen LogP) is 3.12. The molecule has 4 nitrogen and oxygen atoms in total. The Morgan fingerprint density at radius 1 is 1.44 bits per heavy atom. The fourth-order valence-corrected chi connectivity index (χ4v) is 2.51. The molecule has 0 saturated carbocycles. The average molecular weight is 327 g/mol. The number of aromatic nitrogens is 2. The molecule has 0 saturated heterocycles. The van der Waals surface area contributed by atoms with Crippen LogP contribution in [-0.2, 0) is 4.79 Å². The first-order valence-electron chi connectivity index (χ1n) is 5.23. The van der Waals surface area contributed by atoms with Crippen molar-refractivity contribution in [2.24, 2.45) is 0 Å². The summed E-state index contributed by atoms with van der Waals surface area (Å²) in [5.74, 6) is -0.838. The van der Waals surface area contributed by atoms with E-state index in [4.69, 9.17) is 5.11 Å². The van der Waals surface area contributed by atoms with E-state index in [1.54, 1.807) is 0 Å². The summed E-state index contributed by atoms with van der Waals surface area (Å²) in [4.78, 5) is 14.9. The zero-order chi connectivity index (χ0) is 13.1. The van der Waals surface area contributed by atoms with Crippen LogP contribution in [0, 0.1) is 6.92 Å². The second-order valence-electron chi connectivity index (χ2n) is 3.69. The molecule has 1 aromatic carbocycles. The van der Waals surface area contributed by atoms with Crippen molar-refractivity contribution in [1.82, 2.24) is 9.55 Å². The Bertz CT molecular complexity index is 566. The zero-order valence-electron chi connectivity index (χ0n) is 9.63. The van der Waals surface area contributed by atoms with Crippen LogP contribution in [0.1, 0.15) is 5.69 Å². The molecule has 2 aromatic rings. The van der Waals surface area contributed by atoms with Crippen molar-refractivity contribution in [2.45, 2.75) is 12.1 Å². The van der Waals surface area contributed by atoms with Crippen LogP contribution in [-0.4, -0.2) is 26.4 Å². The van der Waals surface area contributed by atoms with Gasteiger partial charge in [-0.15, -0.1) is 0 Å². The standard InChI is InChI=1S/C12H11BrN2O2S/c1-8-6-15(10-4-2-9(13)3-5-10)12(14-8)18-7-11(16)17/h2-6H,7H2,1H3,(H,16,17). The Balaban J connectivity index is 2.31. The van der Waals surface area contributed by atoms with Crippen LogP contribution in [0.4, 0.5) is 0 Å². The van der Waals surface area contributed by atoms with Gasteiger partial charge in [-0.05, 0) is 31.2 Å². The normalized spacial score (nSPS) is 10.6. The molecule has 1 aromatic heterocycles. The molecule has 0 aliphatic heterocycles. The van der Waals surface area contributed by atoms with E-state index < -0.39 is 5.97 Å². The van der Waals surface area contributed by atoms with Gasteiger partial charge in [0.25, 0.3) is 0 Å². The Hall–Kier alpha value is -1.27. The van der Waals surface area contributed by atoms with Crippen molar-refractivity contribution in [3.05, 3.63) is 40.6 Å². The van der Waals surface area contributed by atoms with Gasteiger partial charge in [-0.2, -0.15) is 0 Å². The number of aryl methyl sites for hydroxylation is 1. The van der Waals surface area contributed by atoms with Gasteiger partial charge in [0, 0.05) is 16.4 Å². The van der Waals surface area contributed by atoms with Gasteiger partial charge in [-0.25, -0.2) is 4.98 Å². The Morgan fingerprint density at radius 3 is 2.72 bits per heavy atom. The first kappa shape index (κ1) is 13.2. The number of hydrogen-bond donors (Lipinski definition) is 1. The van der Waals surface area contributed by atoms with Crippen molar-refractivity contribution < 1.29 is 9.90 Å².